The van der Waals surface area contributed by atoms with Gasteiger partial charge in [-0.2, -0.15) is 0 Å². The van der Waals surface area contributed by atoms with Gasteiger partial charge < -0.3 is 14.6 Å². The molecule has 1 unspecified atom stereocenters. The molecule has 23 heavy (non-hydrogen) atoms. The molecule has 0 saturated carbocycles. The number of ether oxygens (including phenoxy) is 2. The smallest absolute Gasteiger partial charge is 0.303 e. The predicted molar refractivity (Wildman–Crippen MR) is 89.1 cm³/mol. The van der Waals surface area contributed by atoms with Crippen LogP contribution < -0.4 is 9.47 Å². The number of benzene rings is 2. The summed E-state index contributed by atoms with van der Waals surface area (Å²) >= 11 is 0. The van der Waals surface area contributed by atoms with Gasteiger partial charge in [-0.1, -0.05) is 31.2 Å². The molecule has 0 spiro atoms. The Morgan fingerprint density at radius 3 is 2.17 bits per heavy atom. The number of carbonyl (C=O) groups is 1. The molecule has 2 rings (SSSR count). The van der Waals surface area contributed by atoms with Crippen LogP contribution in [-0.4, -0.2) is 18.2 Å². The first-order chi connectivity index (χ1) is 11.1. The molecule has 122 valence electrons. The molecule has 4 heteroatoms. The number of hydrogen-bond donors (Lipinski definition) is 1. The quantitative estimate of drug-likeness (QED) is 0.791. The third kappa shape index (κ3) is 5.02. The normalized spacial score (nSPS) is 11.7. The lowest BCUT2D eigenvalue weighted by atomic mass is 9.93. The summed E-state index contributed by atoms with van der Waals surface area (Å²) in [7, 11) is 1.64. The Morgan fingerprint density at radius 2 is 1.65 bits per heavy atom. The zero-order valence-corrected chi connectivity index (χ0v) is 13.5. The number of hydrogen-bond acceptors (Lipinski definition) is 3. The molecular formula is C19H22O4. The molecule has 2 aromatic rings. The van der Waals surface area contributed by atoms with E-state index in [4.69, 9.17) is 14.6 Å². The van der Waals surface area contributed by atoms with E-state index in [1.165, 1.54) is 0 Å². The maximum atomic E-state index is 10.9. The minimum Gasteiger partial charge on any atom is -0.497 e. The second kappa shape index (κ2) is 8.22. The third-order valence-corrected chi connectivity index (χ3v) is 3.83. The highest BCUT2D eigenvalue weighted by Gasteiger charge is 2.13. The van der Waals surface area contributed by atoms with Crippen molar-refractivity contribution in [3.05, 3.63) is 59.7 Å². The molecule has 2 aromatic carbocycles. The Labute approximate surface area is 136 Å². The first-order valence-corrected chi connectivity index (χ1v) is 7.70. The minimum atomic E-state index is -0.767. The Balaban J connectivity index is 1.94. The predicted octanol–water partition coefficient (Wildman–Crippen LogP) is 4.24. The number of carboxylic acid groups (broad SMARTS) is 1. The molecule has 0 bridgehead atoms. The van der Waals surface area contributed by atoms with Crippen LogP contribution in [0.25, 0.3) is 0 Å². The maximum absolute atomic E-state index is 10.9. The first-order valence-electron chi connectivity index (χ1n) is 7.70. The SMILES string of the molecule is CCC(CC(=O)O)c1ccc(OCc2ccc(OC)cc2)cc1. The van der Waals surface area contributed by atoms with E-state index in [0.717, 1.165) is 29.0 Å². The van der Waals surface area contributed by atoms with Crippen molar-refractivity contribution in [3.63, 3.8) is 0 Å². The topological polar surface area (TPSA) is 55.8 Å². The summed E-state index contributed by atoms with van der Waals surface area (Å²) in [5, 5.41) is 8.94. The fraction of sp³-hybridized carbons (Fsp3) is 0.316. The minimum absolute atomic E-state index is 0.0446. The summed E-state index contributed by atoms with van der Waals surface area (Å²) in [4.78, 5) is 10.9. The van der Waals surface area contributed by atoms with Crippen molar-refractivity contribution in [2.24, 2.45) is 0 Å². The van der Waals surface area contributed by atoms with Crippen LogP contribution in [0.15, 0.2) is 48.5 Å². The lowest BCUT2D eigenvalue weighted by molar-refractivity contribution is -0.137. The number of methoxy groups -OCH3 is 1. The molecular weight excluding hydrogens is 292 g/mol. The monoisotopic (exact) mass is 314 g/mol. The van der Waals surface area contributed by atoms with E-state index in [0.29, 0.717) is 6.61 Å². The van der Waals surface area contributed by atoms with Gasteiger partial charge in [0.25, 0.3) is 0 Å². The van der Waals surface area contributed by atoms with Gasteiger partial charge in [0.15, 0.2) is 0 Å². The van der Waals surface area contributed by atoms with Crippen LogP contribution >= 0.6 is 0 Å². The molecule has 1 N–H and O–H groups in total. The van der Waals surface area contributed by atoms with Crippen molar-refractivity contribution in [2.45, 2.75) is 32.3 Å². The summed E-state index contributed by atoms with van der Waals surface area (Å²) in [6, 6.07) is 15.4. The second-order valence-electron chi connectivity index (χ2n) is 5.41. The van der Waals surface area contributed by atoms with Gasteiger partial charge in [0.05, 0.1) is 13.5 Å². The van der Waals surface area contributed by atoms with Crippen molar-refractivity contribution < 1.29 is 19.4 Å². The van der Waals surface area contributed by atoms with Crippen molar-refractivity contribution in [1.82, 2.24) is 0 Å². The molecule has 0 aromatic heterocycles. The van der Waals surface area contributed by atoms with Gasteiger partial charge in [-0.3, -0.25) is 4.79 Å². The highest BCUT2D eigenvalue weighted by atomic mass is 16.5. The average molecular weight is 314 g/mol. The Kier molecular flexibility index (Phi) is 6.03. The number of rotatable bonds is 8. The van der Waals surface area contributed by atoms with Crippen LogP contribution in [0.2, 0.25) is 0 Å². The Hall–Kier alpha value is -2.49. The third-order valence-electron chi connectivity index (χ3n) is 3.83. The van der Waals surface area contributed by atoms with Crippen molar-refractivity contribution >= 4 is 5.97 Å². The molecule has 0 radical (unpaired) electrons. The van der Waals surface area contributed by atoms with Crippen LogP contribution in [0.4, 0.5) is 0 Å². The van der Waals surface area contributed by atoms with Crippen molar-refractivity contribution in [1.29, 1.82) is 0 Å². The Bertz CT molecular complexity index is 617. The van der Waals surface area contributed by atoms with Crippen LogP contribution in [-0.2, 0) is 11.4 Å². The van der Waals surface area contributed by atoms with Gasteiger partial charge in [0.1, 0.15) is 18.1 Å². The summed E-state index contributed by atoms with van der Waals surface area (Å²) in [6.45, 7) is 2.48. The van der Waals surface area contributed by atoms with Crippen molar-refractivity contribution in [2.75, 3.05) is 7.11 Å². The van der Waals surface area contributed by atoms with E-state index >= 15 is 0 Å². The molecule has 0 aliphatic rings. The van der Waals surface area contributed by atoms with E-state index < -0.39 is 5.97 Å². The highest BCUT2D eigenvalue weighted by Crippen LogP contribution is 2.25. The molecule has 0 aliphatic carbocycles. The summed E-state index contributed by atoms with van der Waals surface area (Å²) in [5.41, 5.74) is 2.10. The van der Waals surface area contributed by atoms with E-state index in [-0.39, 0.29) is 12.3 Å². The zero-order chi connectivity index (χ0) is 16.7. The summed E-state index contributed by atoms with van der Waals surface area (Å²) < 4.78 is 10.9. The van der Waals surface area contributed by atoms with Gasteiger partial charge in [-0.25, -0.2) is 0 Å². The van der Waals surface area contributed by atoms with Crippen LogP contribution in [0, 0.1) is 0 Å². The average Bonchev–Trinajstić information content (AvgIpc) is 2.58. The lowest BCUT2D eigenvalue weighted by Crippen LogP contribution is -2.05. The molecule has 0 aliphatic heterocycles. The molecule has 0 heterocycles. The first kappa shape index (κ1) is 16.9. The van der Waals surface area contributed by atoms with Gasteiger partial charge >= 0.3 is 5.97 Å². The van der Waals surface area contributed by atoms with Crippen LogP contribution in [0.5, 0.6) is 11.5 Å². The molecule has 0 fully saturated rings. The van der Waals surface area contributed by atoms with Gasteiger partial charge in [0, 0.05) is 0 Å². The maximum Gasteiger partial charge on any atom is 0.303 e. The van der Waals surface area contributed by atoms with Crippen LogP contribution in [0.1, 0.15) is 36.8 Å². The standard InChI is InChI=1S/C19H22O4/c1-3-15(12-19(20)21)16-6-10-18(11-7-16)23-13-14-4-8-17(22-2)9-5-14/h4-11,15H,3,12-13H2,1-2H3,(H,20,21). The molecule has 0 amide bonds. The summed E-state index contributed by atoms with van der Waals surface area (Å²) in [6.07, 6.45) is 0.959. The van der Waals surface area contributed by atoms with Crippen molar-refractivity contribution in [3.8, 4) is 11.5 Å². The second-order valence-corrected chi connectivity index (χ2v) is 5.41. The molecule has 4 nitrogen and oxygen atoms in total. The molecule has 0 saturated heterocycles. The molecule has 1 atom stereocenters. The van der Waals surface area contributed by atoms with E-state index in [1.807, 2.05) is 55.5 Å². The van der Waals surface area contributed by atoms with E-state index in [9.17, 15) is 4.79 Å². The zero-order valence-electron chi connectivity index (χ0n) is 13.5. The largest absolute Gasteiger partial charge is 0.497 e. The number of carboxylic acids is 1. The number of aliphatic carboxylic acids is 1. The van der Waals surface area contributed by atoms with E-state index in [2.05, 4.69) is 0 Å². The van der Waals surface area contributed by atoms with Gasteiger partial charge in [-0.05, 0) is 47.7 Å². The fourth-order valence-corrected chi connectivity index (χ4v) is 2.43. The fourth-order valence-electron chi connectivity index (χ4n) is 2.43. The Morgan fingerprint density at radius 1 is 1.04 bits per heavy atom. The van der Waals surface area contributed by atoms with Gasteiger partial charge in [-0.15, -0.1) is 0 Å². The van der Waals surface area contributed by atoms with Crippen LogP contribution in [0.3, 0.4) is 0 Å². The lowest BCUT2D eigenvalue weighted by Gasteiger charge is -2.14. The van der Waals surface area contributed by atoms with Gasteiger partial charge in [0.2, 0.25) is 0 Å². The highest BCUT2D eigenvalue weighted by molar-refractivity contribution is 5.68. The van der Waals surface area contributed by atoms with E-state index in [1.54, 1.807) is 7.11 Å². The summed E-state index contributed by atoms with van der Waals surface area (Å²) in [5.74, 6) is 0.872.